The van der Waals surface area contributed by atoms with Crippen molar-refractivity contribution in [1.29, 1.82) is 0 Å². The van der Waals surface area contributed by atoms with E-state index in [2.05, 4.69) is 20.9 Å². The number of hydrogen-bond donors (Lipinski definition) is 1. The van der Waals surface area contributed by atoms with Crippen molar-refractivity contribution >= 4 is 22.0 Å². The van der Waals surface area contributed by atoms with Crippen molar-refractivity contribution in [3.05, 3.63) is 28.5 Å². The van der Waals surface area contributed by atoms with Crippen LogP contribution in [0.5, 0.6) is 0 Å². The number of aromatic nitrogens is 1. The molecule has 1 aromatic rings. The maximum atomic E-state index is 12.0. The van der Waals surface area contributed by atoms with E-state index >= 15 is 0 Å². The van der Waals surface area contributed by atoms with E-state index in [0.29, 0.717) is 13.1 Å². The quantitative estimate of drug-likeness (QED) is 0.864. The SMILES string of the molecule is CC(C)(C)OC(=O)N1CCC(C(O)c2ccncc2Br)CC1. The van der Waals surface area contributed by atoms with Gasteiger partial charge < -0.3 is 14.7 Å². The van der Waals surface area contributed by atoms with Crippen LogP contribution in [0, 0.1) is 5.92 Å². The maximum absolute atomic E-state index is 12.0. The molecule has 1 saturated heterocycles. The number of halogens is 1. The Balaban J connectivity index is 1.92. The number of pyridine rings is 1. The first kappa shape index (κ1) is 17.2. The van der Waals surface area contributed by atoms with Gasteiger partial charge in [-0.25, -0.2) is 4.79 Å². The molecule has 122 valence electrons. The van der Waals surface area contributed by atoms with E-state index in [-0.39, 0.29) is 12.0 Å². The van der Waals surface area contributed by atoms with Crippen LogP contribution in [0.1, 0.15) is 45.3 Å². The van der Waals surface area contributed by atoms with Gasteiger partial charge in [0.05, 0.1) is 6.10 Å². The van der Waals surface area contributed by atoms with Crippen molar-refractivity contribution in [2.24, 2.45) is 5.92 Å². The molecule has 5 nitrogen and oxygen atoms in total. The molecule has 0 aliphatic carbocycles. The molecule has 0 saturated carbocycles. The number of carbonyl (C=O) groups is 1. The average molecular weight is 371 g/mol. The summed E-state index contributed by atoms with van der Waals surface area (Å²) in [6.07, 6.45) is 4.07. The molecule has 1 aliphatic heterocycles. The number of carbonyl (C=O) groups excluding carboxylic acids is 1. The Morgan fingerprint density at radius 2 is 2.09 bits per heavy atom. The van der Waals surface area contributed by atoms with Gasteiger partial charge in [0, 0.05) is 30.0 Å². The van der Waals surface area contributed by atoms with E-state index in [1.165, 1.54) is 0 Å². The number of ether oxygens (including phenoxy) is 1. The summed E-state index contributed by atoms with van der Waals surface area (Å²) in [5, 5.41) is 10.5. The molecule has 1 amide bonds. The molecule has 0 radical (unpaired) electrons. The molecule has 22 heavy (non-hydrogen) atoms. The lowest BCUT2D eigenvalue weighted by molar-refractivity contribution is 0.00757. The molecule has 1 unspecified atom stereocenters. The fourth-order valence-corrected chi connectivity index (χ4v) is 3.09. The van der Waals surface area contributed by atoms with Crippen LogP contribution < -0.4 is 0 Å². The third-order valence-electron chi connectivity index (χ3n) is 3.76. The summed E-state index contributed by atoms with van der Waals surface area (Å²) >= 11 is 3.42. The van der Waals surface area contributed by atoms with Crippen LogP contribution in [0.2, 0.25) is 0 Å². The van der Waals surface area contributed by atoms with Gasteiger partial charge >= 0.3 is 6.09 Å². The van der Waals surface area contributed by atoms with Gasteiger partial charge in [-0.3, -0.25) is 4.98 Å². The molecule has 1 aliphatic rings. The highest BCUT2D eigenvalue weighted by Crippen LogP contribution is 2.34. The van der Waals surface area contributed by atoms with Gasteiger partial charge in [-0.1, -0.05) is 0 Å². The second-order valence-electron chi connectivity index (χ2n) is 6.65. The molecule has 0 aromatic carbocycles. The molecule has 1 atom stereocenters. The first-order chi connectivity index (χ1) is 10.3. The van der Waals surface area contributed by atoms with Gasteiger partial charge in [0.1, 0.15) is 5.60 Å². The Morgan fingerprint density at radius 3 is 2.64 bits per heavy atom. The van der Waals surface area contributed by atoms with Crippen LogP contribution in [0.3, 0.4) is 0 Å². The summed E-state index contributed by atoms with van der Waals surface area (Å²) in [6.45, 7) is 6.81. The van der Waals surface area contributed by atoms with Crippen LogP contribution in [0.25, 0.3) is 0 Å². The highest BCUT2D eigenvalue weighted by Gasteiger charge is 2.31. The predicted molar refractivity (Wildman–Crippen MR) is 87.4 cm³/mol. The molecule has 1 N–H and O–H groups in total. The summed E-state index contributed by atoms with van der Waals surface area (Å²) in [7, 11) is 0. The summed E-state index contributed by atoms with van der Waals surface area (Å²) in [6, 6.07) is 1.83. The van der Waals surface area contributed by atoms with E-state index in [4.69, 9.17) is 4.74 Å². The van der Waals surface area contributed by atoms with Crippen LogP contribution in [0.15, 0.2) is 22.9 Å². The van der Waals surface area contributed by atoms with Crippen LogP contribution in [0.4, 0.5) is 4.79 Å². The topological polar surface area (TPSA) is 62.7 Å². The summed E-state index contributed by atoms with van der Waals surface area (Å²) in [4.78, 5) is 17.8. The maximum Gasteiger partial charge on any atom is 0.410 e. The van der Waals surface area contributed by atoms with Gasteiger partial charge in [-0.05, 0) is 67.1 Å². The van der Waals surface area contributed by atoms with Crippen LogP contribution >= 0.6 is 15.9 Å². The van der Waals surface area contributed by atoms with Crippen LogP contribution in [-0.2, 0) is 4.74 Å². The van der Waals surface area contributed by atoms with Crippen molar-refractivity contribution in [2.45, 2.75) is 45.3 Å². The van der Waals surface area contributed by atoms with E-state index in [0.717, 1.165) is 22.9 Å². The summed E-state index contributed by atoms with van der Waals surface area (Å²) in [5.74, 6) is 0.136. The minimum absolute atomic E-state index is 0.136. The minimum atomic E-state index is -0.543. The van der Waals surface area contributed by atoms with Gasteiger partial charge in [0.25, 0.3) is 0 Å². The Bertz CT molecular complexity index is 522. The lowest BCUT2D eigenvalue weighted by Crippen LogP contribution is -2.42. The average Bonchev–Trinajstić information content (AvgIpc) is 2.45. The Morgan fingerprint density at radius 1 is 1.45 bits per heavy atom. The second-order valence-corrected chi connectivity index (χ2v) is 7.50. The molecule has 1 fully saturated rings. The fraction of sp³-hybridized carbons (Fsp3) is 0.625. The third-order valence-corrected chi connectivity index (χ3v) is 4.42. The monoisotopic (exact) mass is 370 g/mol. The number of rotatable bonds is 2. The lowest BCUT2D eigenvalue weighted by Gasteiger charge is -2.35. The highest BCUT2D eigenvalue weighted by molar-refractivity contribution is 9.10. The van der Waals surface area contributed by atoms with Gasteiger partial charge in [-0.15, -0.1) is 0 Å². The zero-order valence-electron chi connectivity index (χ0n) is 13.3. The molecule has 1 aromatic heterocycles. The van der Waals surface area contributed by atoms with Crippen LogP contribution in [-0.4, -0.2) is 39.8 Å². The molecular formula is C16H23BrN2O3. The highest BCUT2D eigenvalue weighted by atomic mass is 79.9. The fourth-order valence-electron chi connectivity index (χ4n) is 2.60. The molecule has 0 spiro atoms. The third kappa shape index (κ3) is 4.43. The number of amides is 1. The van der Waals surface area contributed by atoms with Gasteiger partial charge in [-0.2, -0.15) is 0 Å². The number of piperidine rings is 1. The zero-order chi connectivity index (χ0) is 16.3. The van der Waals surface area contributed by atoms with Crippen molar-refractivity contribution in [1.82, 2.24) is 9.88 Å². The van der Waals surface area contributed by atoms with Gasteiger partial charge in [0.2, 0.25) is 0 Å². The van der Waals surface area contributed by atoms with Gasteiger partial charge in [0.15, 0.2) is 0 Å². The summed E-state index contributed by atoms with van der Waals surface area (Å²) in [5.41, 5.74) is 0.376. The standard InChI is InChI=1S/C16H23BrN2O3/c1-16(2,3)22-15(21)19-8-5-11(6-9-19)14(20)12-4-7-18-10-13(12)17/h4,7,10-11,14,20H,5-6,8-9H2,1-3H3. The number of likely N-dealkylation sites (tertiary alicyclic amines) is 1. The van der Waals surface area contributed by atoms with Crippen molar-refractivity contribution in [3.63, 3.8) is 0 Å². The zero-order valence-corrected chi connectivity index (χ0v) is 14.8. The summed E-state index contributed by atoms with van der Waals surface area (Å²) < 4.78 is 6.20. The molecule has 0 bridgehead atoms. The molecule has 2 rings (SSSR count). The first-order valence-electron chi connectivity index (χ1n) is 7.53. The van der Waals surface area contributed by atoms with Crippen molar-refractivity contribution in [3.8, 4) is 0 Å². The molecule has 2 heterocycles. The number of nitrogens with zero attached hydrogens (tertiary/aromatic N) is 2. The smallest absolute Gasteiger partial charge is 0.410 e. The Kier molecular flexibility index (Phi) is 5.45. The van der Waals surface area contributed by atoms with E-state index < -0.39 is 11.7 Å². The number of aliphatic hydroxyl groups is 1. The minimum Gasteiger partial charge on any atom is -0.444 e. The predicted octanol–water partition coefficient (Wildman–Crippen LogP) is 3.52. The largest absolute Gasteiger partial charge is 0.444 e. The van der Waals surface area contributed by atoms with E-state index in [9.17, 15) is 9.90 Å². The van der Waals surface area contributed by atoms with E-state index in [1.807, 2.05) is 26.8 Å². The molecule has 6 heteroatoms. The number of aliphatic hydroxyl groups excluding tert-OH is 1. The first-order valence-corrected chi connectivity index (χ1v) is 8.32. The van der Waals surface area contributed by atoms with Crippen molar-refractivity contribution < 1.29 is 14.6 Å². The number of hydrogen-bond acceptors (Lipinski definition) is 4. The van der Waals surface area contributed by atoms with E-state index in [1.54, 1.807) is 17.3 Å². The Labute approximate surface area is 139 Å². The Hall–Kier alpha value is -1.14. The second kappa shape index (κ2) is 6.96. The normalized spacial score (nSPS) is 18.1. The van der Waals surface area contributed by atoms with Crippen molar-refractivity contribution in [2.75, 3.05) is 13.1 Å². The molecular weight excluding hydrogens is 348 g/mol. The lowest BCUT2D eigenvalue weighted by atomic mass is 9.88.